The van der Waals surface area contributed by atoms with Gasteiger partial charge in [0.05, 0.1) is 11.2 Å². The first kappa shape index (κ1) is 13.2. The second-order valence-corrected chi connectivity index (χ2v) is 5.07. The standard InChI is InChI=1S/C16H16N4O/c1-10-5-7-11(8-6-10)16-19-15-12(17)3-2-4-13(15)20(16)9-14(18)21/h2-8H,9,17H2,1H3,(H2,18,21). The summed E-state index contributed by atoms with van der Waals surface area (Å²) < 4.78 is 1.80. The average Bonchev–Trinajstić information content (AvgIpc) is 2.80. The van der Waals surface area contributed by atoms with Gasteiger partial charge in [0.15, 0.2) is 0 Å². The van der Waals surface area contributed by atoms with Crippen LogP contribution in [0, 0.1) is 6.92 Å². The van der Waals surface area contributed by atoms with Crippen molar-refractivity contribution in [3.8, 4) is 11.4 Å². The van der Waals surface area contributed by atoms with E-state index in [2.05, 4.69) is 4.98 Å². The molecular weight excluding hydrogens is 264 g/mol. The number of rotatable bonds is 3. The van der Waals surface area contributed by atoms with Gasteiger partial charge in [-0.15, -0.1) is 0 Å². The van der Waals surface area contributed by atoms with Crippen LogP contribution < -0.4 is 11.5 Å². The third-order valence-electron chi connectivity index (χ3n) is 3.43. The molecule has 0 aliphatic rings. The van der Waals surface area contributed by atoms with Crippen molar-refractivity contribution in [2.24, 2.45) is 5.73 Å². The molecule has 4 N–H and O–H groups in total. The quantitative estimate of drug-likeness (QED) is 0.720. The Morgan fingerprint density at radius 3 is 2.57 bits per heavy atom. The van der Waals surface area contributed by atoms with Crippen LogP contribution in [0.5, 0.6) is 0 Å². The number of aromatic nitrogens is 2. The number of hydrogen-bond donors (Lipinski definition) is 2. The maximum atomic E-state index is 11.4. The van der Waals surface area contributed by atoms with Gasteiger partial charge in [0.1, 0.15) is 17.9 Å². The maximum Gasteiger partial charge on any atom is 0.237 e. The smallest absolute Gasteiger partial charge is 0.237 e. The summed E-state index contributed by atoms with van der Waals surface area (Å²) in [6.45, 7) is 2.09. The number of nitrogens with two attached hydrogens (primary N) is 2. The van der Waals surface area contributed by atoms with Gasteiger partial charge < -0.3 is 16.0 Å². The van der Waals surface area contributed by atoms with Crippen LogP contribution in [-0.4, -0.2) is 15.5 Å². The van der Waals surface area contributed by atoms with Crippen LogP contribution in [0.25, 0.3) is 22.4 Å². The zero-order valence-electron chi connectivity index (χ0n) is 11.7. The molecule has 0 spiro atoms. The minimum absolute atomic E-state index is 0.0726. The van der Waals surface area contributed by atoms with E-state index in [1.165, 1.54) is 0 Å². The first-order valence-corrected chi connectivity index (χ1v) is 6.66. The molecule has 1 aromatic heterocycles. The molecule has 106 valence electrons. The zero-order chi connectivity index (χ0) is 15.0. The lowest BCUT2D eigenvalue weighted by Crippen LogP contribution is -2.19. The summed E-state index contributed by atoms with van der Waals surface area (Å²) in [4.78, 5) is 16.0. The van der Waals surface area contributed by atoms with Crippen molar-refractivity contribution in [1.82, 2.24) is 9.55 Å². The molecule has 2 aromatic carbocycles. The minimum atomic E-state index is -0.412. The third kappa shape index (κ3) is 2.33. The number of primary amides is 1. The number of anilines is 1. The lowest BCUT2D eigenvalue weighted by atomic mass is 10.1. The fourth-order valence-electron chi connectivity index (χ4n) is 2.41. The van der Waals surface area contributed by atoms with Gasteiger partial charge in [-0.3, -0.25) is 4.79 Å². The predicted octanol–water partition coefficient (Wildman–Crippen LogP) is 2.08. The largest absolute Gasteiger partial charge is 0.397 e. The van der Waals surface area contributed by atoms with Gasteiger partial charge in [0, 0.05) is 5.56 Å². The highest BCUT2D eigenvalue weighted by molar-refractivity contribution is 5.91. The molecule has 21 heavy (non-hydrogen) atoms. The Kier molecular flexibility index (Phi) is 3.10. The molecule has 5 nitrogen and oxygen atoms in total. The normalized spacial score (nSPS) is 10.9. The number of nitrogen functional groups attached to an aromatic ring is 1. The molecule has 0 fully saturated rings. The molecule has 0 aliphatic heterocycles. The van der Waals surface area contributed by atoms with Crippen molar-refractivity contribution in [3.05, 3.63) is 48.0 Å². The van der Waals surface area contributed by atoms with Gasteiger partial charge in [0.25, 0.3) is 0 Å². The van der Waals surface area contributed by atoms with E-state index in [1.807, 2.05) is 43.3 Å². The molecule has 3 rings (SSSR count). The molecule has 0 radical (unpaired) electrons. The molecule has 0 saturated heterocycles. The predicted molar refractivity (Wildman–Crippen MR) is 83.5 cm³/mol. The molecule has 1 amide bonds. The first-order valence-electron chi connectivity index (χ1n) is 6.66. The monoisotopic (exact) mass is 280 g/mol. The maximum absolute atomic E-state index is 11.4. The fourth-order valence-corrected chi connectivity index (χ4v) is 2.41. The van der Waals surface area contributed by atoms with Crippen LogP contribution in [-0.2, 0) is 11.3 Å². The number of aryl methyl sites for hydroxylation is 1. The molecule has 0 aliphatic carbocycles. The lowest BCUT2D eigenvalue weighted by Gasteiger charge is -2.07. The van der Waals surface area contributed by atoms with Crippen molar-refractivity contribution < 1.29 is 4.79 Å². The summed E-state index contributed by atoms with van der Waals surface area (Å²) in [6.07, 6.45) is 0. The van der Waals surface area contributed by atoms with E-state index in [4.69, 9.17) is 11.5 Å². The average molecular weight is 280 g/mol. The Balaban J connectivity index is 2.27. The summed E-state index contributed by atoms with van der Waals surface area (Å²) in [5.74, 6) is 0.284. The highest BCUT2D eigenvalue weighted by Gasteiger charge is 2.15. The Labute approximate surface area is 122 Å². The summed E-state index contributed by atoms with van der Waals surface area (Å²) in [5, 5.41) is 0. The molecule has 3 aromatic rings. The van der Waals surface area contributed by atoms with Crippen LogP contribution in [0.15, 0.2) is 42.5 Å². The van der Waals surface area contributed by atoms with E-state index in [0.717, 1.165) is 16.6 Å². The van der Waals surface area contributed by atoms with Crippen molar-refractivity contribution in [1.29, 1.82) is 0 Å². The molecule has 0 unspecified atom stereocenters. The van der Waals surface area contributed by atoms with E-state index in [9.17, 15) is 4.79 Å². The number of carbonyl (C=O) groups excluding carboxylic acids is 1. The highest BCUT2D eigenvalue weighted by Crippen LogP contribution is 2.28. The molecule has 0 bridgehead atoms. The van der Waals surface area contributed by atoms with Crippen molar-refractivity contribution in [2.45, 2.75) is 13.5 Å². The van der Waals surface area contributed by atoms with E-state index in [-0.39, 0.29) is 6.54 Å². The second kappa shape index (κ2) is 4.94. The van der Waals surface area contributed by atoms with Gasteiger partial charge in [-0.1, -0.05) is 35.9 Å². The van der Waals surface area contributed by atoms with Crippen molar-refractivity contribution in [3.63, 3.8) is 0 Å². The van der Waals surface area contributed by atoms with Crippen LogP contribution in [0.3, 0.4) is 0 Å². The Morgan fingerprint density at radius 1 is 1.19 bits per heavy atom. The van der Waals surface area contributed by atoms with E-state index < -0.39 is 5.91 Å². The molecule has 0 atom stereocenters. The summed E-state index contributed by atoms with van der Waals surface area (Å²) in [6, 6.07) is 13.5. The number of imidazole rings is 1. The third-order valence-corrected chi connectivity index (χ3v) is 3.43. The van der Waals surface area contributed by atoms with Crippen LogP contribution in [0.1, 0.15) is 5.56 Å². The van der Waals surface area contributed by atoms with Crippen molar-refractivity contribution >= 4 is 22.6 Å². The summed E-state index contributed by atoms with van der Waals surface area (Å²) >= 11 is 0. The van der Waals surface area contributed by atoms with Gasteiger partial charge in [-0.2, -0.15) is 0 Å². The van der Waals surface area contributed by atoms with Crippen molar-refractivity contribution in [2.75, 3.05) is 5.73 Å². The van der Waals surface area contributed by atoms with Gasteiger partial charge in [-0.05, 0) is 19.1 Å². The number of amides is 1. The minimum Gasteiger partial charge on any atom is -0.397 e. The van der Waals surface area contributed by atoms with E-state index in [0.29, 0.717) is 17.0 Å². The van der Waals surface area contributed by atoms with E-state index >= 15 is 0 Å². The number of nitrogens with zero attached hydrogens (tertiary/aromatic N) is 2. The Bertz CT molecular complexity index is 818. The zero-order valence-corrected chi connectivity index (χ0v) is 11.7. The van der Waals surface area contributed by atoms with Gasteiger partial charge in [0.2, 0.25) is 5.91 Å². The number of para-hydroxylation sites is 1. The molecule has 0 saturated carbocycles. The second-order valence-electron chi connectivity index (χ2n) is 5.07. The SMILES string of the molecule is Cc1ccc(-c2nc3c(N)cccc3n2CC(N)=O)cc1. The topological polar surface area (TPSA) is 86.9 Å². The van der Waals surface area contributed by atoms with Gasteiger partial charge in [-0.25, -0.2) is 4.98 Å². The summed E-state index contributed by atoms with van der Waals surface area (Å²) in [5.41, 5.74) is 15.5. The highest BCUT2D eigenvalue weighted by atomic mass is 16.1. The lowest BCUT2D eigenvalue weighted by molar-refractivity contribution is -0.118. The Hall–Kier alpha value is -2.82. The summed E-state index contributed by atoms with van der Waals surface area (Å²) in [7, 11) is 0. The number of fused-ring (bicyclic) bond motifs is 1. The molecule has 5 heteroatoms. The Morgan fingerprint density at radius 2 is 1.90 bits per heavy atom. The van der Waals surface area contributed by atoms with E-state index in [1.54, 1.807) is 10.6 Å². The first-order chi connectivity index (χ1) is 10.1. The molecule has 1 heterocycles. The van der Waals surface area contributed by atoms with Crippen LogP contribution in [0.2, 0.25) is 0 Å². The fraction of sp³-hybridized carbons (Fsp3) is 0.125. The molecular formula is C16H16N4O. The van der Waals surface area contributed by atoms with Crippen LogP contribution >= 0.6 is 0 Å². The van der Waals surface area contributed by atoms with Crippen LogP contribution in [0.4, 0.5) is 5.69 Å². The van der Waals surface area contributed by atoms with Gasteiger partial charge >= 0.3 is 0 Å². The number of carbonyl (C=O) groups is 1. The number of hydrogen-bond acceptors (Lipinski definition) is 3. The number of benzene rings is 2.